The van der Waals surface area contributed by atoms with Crippen LogP contribution in [0, 0.1) is 12.7 Å². The molecule has 0 saturated heterocycles. The molecule has 0 unspecified atom stereocenters. The van der Waals surface area contributed by atoms with Crippen molar-refractivity contribution in [3.05, 3.63) is 83.7 Å². The molecule has 0 aliphatic carbocycles. The zero-order valence-electron chi connectivity index (χ0n) is 16.4. The lowest BCUT2D eigenvalue weighted by Gasteiger charge is -2.13. The van der Waals surface area contributed by atoms with Crippen LogP contribution in [0.25, 0.3) is 0 Å². The number of amides is 1. The van der Waals surface area contributed by atoms with Crippen LogP contribution in [0.15, 0.2) is 66.7 Å². The summed E-state index contributed by atoms with van der Waals surface area (Å²) < 4.78 is 24.0. The average molecular weight is 394 g/mol. The fourth-order valence-corrected chi connectivity index (χ4v) is 2.69. The fraction of sp³-hybridized carbons (Fsp3) is 0.174. The van der Waals surface area contributed by atoms with Gasteiger partial charge in [0.15, 0.2) is 18.1 Å². The molecule has 3 aromatic rings. The molecule has 0 bridgehead atoms. The van der Waals surface area contributed by atoms with Gasteiger partial charge in [0, 0.05) is 17.9 Å². The number of aryl methyl sites for hydroxylation is 1. The number of halogens is 1. The molecule has 1 amide bonds. The summed E-state index contributed by atoms with van der Waals surface area (Å²) >= 11 is 0. The number of carbonyl (C=O) groups is 1. The van der Waals surface area contributed by atoms with Crippen LogP contribution in [-0.2, 0) is 11.3 Å². The number of carbonyl (C=O) groups excluding carboxylic acids is 1. The summed E-state index contributed by atoms with van der Waals surface area (Å²) in [6.07, 6.45) is 0. The van der Waals surface area contributed by atoms with Gasteiger partial charge in [0.1, 0.15) is 5.82 Å². The van der Waals surface area contributed by atoms with Crippen molar-refractivity contribution in [2.75, 3.05) is 24.4 Å². The molecule has 0 spiro atoms. The Kier molecular flexibility index (Phi) is 6.68. The second kappa shape index (κ2) is 9.59. The van der Waals surface area contributed by atoms with Crippen LogP contribution < -0.4 is 20.1 Å². The average Bonchev–Trinajstić information content (AvgIpc) is 2.73. The van der Waals surface area contributed by atoms with Crippen molar-refractivity contribution >= 4 is 17.3 Å². The fourth-order valence-electron chi connectivity index (χ4n) is 2.69. The van der Waals surface area contributed by atoms with Crippen LogP contribution in [0.4, 0.5) is 15.8 Å². The molecule has 0 heterocycles. The molecule has 150 valence electrons. The van der Waals surface area contributed by atoms with E-state index in [1.54, 1.807) is 25.3 Å². The van der Waals surface area contributed by atoms with Crippen molar-refractivity contribution in [3.63, 3.8) is 0 Å². The maximum absolute atomic E-state index is 13.0. The smallest absolute Gasteiger partial charge is 0.262 e. The SMILES string of the molecule is COc1cc(CNc2ccc(F)cc2)ccc1OCC(=O)Nc1ccc(C)cc1. The summed E-state index contributed by atoms with van der Waals surface area (Å²) in [6.45, 7) is 2.40. The Labute approximate surface area is 169 Å². The van der Waals surface area contributed by atoms with Crippen LogP contribution in [0.1, 0.15) is 11.1 Å². The summed E-state index contributed by atoms with van der Waals surface area (Å²) in [5, 5.41) is 6.00. The van der Waals surface area contributed by atoms with E-state index < -0.39 is 0 Å². The van der Waals surface area contributed by atoms with Crippen LogP contribution in [0.3, 0.4) is 0 Å². The molecule has 3 rings (SSSR count). The van der Waals surface area contributed by atoms with E-state index >= 15 is 0 Å². The summed E-state index contributed by atoms with van der Waals surface area (Å²) in [7, 11) is 1.55. The van der Waals surface area contributed by atoms with Gasteiger partial charge in [-0.05, 0) is 61.0 Å². The minimum Gasteiger partial charge on any atom is -0.493 e. The molecule has 3 aromatic carbocycles. The lowest BCUT2D eigenvalue weighted by molar-refractivity contribution is -0.118. The van der Waals surface area contributed by atoms with Crippen molar-refractivity contribution in [1.82, 2.24) is 0 Å². The summed E-state index contributed by atoms with van der Waals surface area (Å²) in [6, 6.07) is 19.2. The number of methoxy groups -OCH3 is 1. The highest BCUT2D eigenvalue weighted by atomic mass is 19.1. The van der Waals surface area contributed by atoms with E-state index in [1.165, 1.54) is 12.1 Å². The lowest BCUT2D eigenvalue weighted by atomic mass is 10.2. The summed E-state index contributed by atoms with van der Waals surface area (Å²) in [5.41, 5.74) is 3.62. The molecule has 6 heteroatoms. The molecule has 0 fully saturated rings. The van der Waals surface area contributed by atoms with Gasteiger partial charge in [0.25, 0.3) is 5.91 Å². The summed E-state index contributed by atoms with van der Waals surface area (Å²) in [4.78, 5) is 12.1. The van der Waals surface area contributed by atoms with Gasteiger partial charge in [-0.15, -0.1) is 0 Å². The van der Waals surface area contributed by atoms with E-state index in [2.05, 4.69) is 10.6 Å². The maximum atomic E-state index is 13.0. The van der Waals surface area contributed by atoms with E-state index in [0.29, 0.717) is 18.0 Å². The Hall–Kier alpha value is -3.54. The van der Waals surface area contributed by atoms with E-state index in [1.807, 2.05) is 43.3 Å². The van der Waals surface area contributed by atoms with Gasteiger partial charge in [-0.1, -0.05) is 23.8 Å². The van der Waals surface area contributed by atoms with Crippen LogP contribution in [0.5, 0.6) is 11.5 Å². The molecular formula is C23H23FN2O3. The van der Waals surface area contributed by atoms with Gasteiger partial charge >= 0.3 is 0 Å². The topological polar surface area (TPSA) is 59.6 Å². The third-order valence-electron chi connectivity index (χ3n) is 4.26. The third-order valence-corrected chi connectivity index (χ3v) is 4.26. The Morgan fingerprint density at radius 1 is 0.931 bits per heavy atom. The van der Waals surface area contributed by atoms with Gasteiger partial charge in [0.05, 0.1) is 7.11 Å². The zero-order valence-corrected chi connectivity index (χ0v) is 16.4. The first kappa shape index (κ1) is 20.2. The maximum Gasteiger partial charge on any atom is 0.262 e. The number of hydrogen-bond acceptors (Lipinski definition) is 4. The Balaban J connectivity index is 1.55. The first-order valence-electron chi connectivity index (χ1n) is 9.19. The van der Waals surface area contributed by atoms with Crippen LogP contribution in [0.2, 0.25) is 0 Å². The number of ether oxygens (including phenoxy) is 2. The molecule has 0 saturated carbocycles. The van der Waals surface area contributed by atoms with E-state index in [-0.39, 0.29) is 18.3 Å². The number of anilines is 2. The standard InChI is InChI=1S/C23H23FN2O3/c1-16-3-8-20(9-4-16)26-23(27)15-29-21-12-5-17(13-22(21)28-2)14-25-19-10-6-18(24)7-11-19/h3-13,25H,14-15H2,1-2H3,(H,26,27). The van der Waals surface area contributed by atoms with E-state index in [4.69, 9.17) is 9.47 Å². The van der Waals surface area contributed by atoms with Gasteiger partial charge in [-0.3, -0.25) is 4.79 Å². The molecule has 0 radical (unpaired) electrons. The first-order valence-corrected chi connectivity index (χ1v) is 9.19. The molecule has 0 aliphatic rings. The molecular weight excluding hydrogens is 371 g/mol. The number of rotatable bonds is 8. The van der Waals surface area contributed by atoms with Crippen molar-refractivity contribution in [2.45, 2.75) is 13.5 Å². The monoisotopic (exact) mass is 394 g/mol. The van der Waals surface area contributed by atoms with Crippen LogP contribution in [-0.4, -0.2) is 19.6 Å². The molecule has 5 nitrogen and oxygen atoms in total. The molecule has 2 N–H and O–H groups in total. The Morgan fingerprint density at radius 2 is 1.62 bits per heavy atom. The summed E-state index contributed by atoms with van der Waals surface area (Å²) in [5.74, 6) is 0.492. The van der Waals surface area contributed by atoms with Gasteiger partial charge in [0.2, 0.25) is 0 Å². The van der Waals surface area contributed by atoms with E-state index in [9.17, 15) is 9.18 Å². The normalized spacial score (nSPS) is 10.3. The molecule has 0 aromatic heterocycles. The predicted octanol–water partition coefficient (Wildman–Crippen LogP) is 4.77. The van der Waals surface area contributed by atoms with Crippen molar-refractivity contribution in [2.24, 2.45) is 0 Å². The molecule has 0 aliphatic heterocycles. The Morgan fingerprint density at radius 3 is 2.31 bits per heavy atom. The van der Waals surface area contributed by atoms with E-state index in [0.717, 1.165) is 22.5 Å². The van der Waals surface area contributed by atoms with Gasteiger partial charge in [-0.25, -0.2) is 4.39 Å². The van der Waals surface area contributed by atoms with Crippen LogP contribution >= 0.6 is 0 Å². The van der Waals surface area contributed by atoms with Crippen molar-refractivity contribution in [3.8, 4) is 11.5 Å². The van der Waals surface area contributed by atoms with Crippen molar-refractivity contribution in [1.29, 1.82) is 0 Å². The molecule has 29 heavy (non-hydrogen) atoms. The quantitative estimate of drug-likeness (QED) is 0.578. The zero-order chi connectivity index (χ0) is 20.6. The minimum atomic E-state index is -0.273. The number of hydrogen-bond donors (Lipinski definition) is 2. The lowest BCUT2D eigenvalue weighted by Crippen LogP contribution is -2.20. The highest BCUT2D eigenvalue weighted by Gasteiger charge is 2.09. The second-order valence-electron chi connectivity index (χ2n) is 6.55. The largest absolute Gasteiger partial charge is 0.493 e. The van der Waals surface area contributed by atoms with Gasteiger partial charge in [-0.2, -0.15) is 0 Å². The minimum absolute atomic E-state index is 0.128. The molecule has 0 atom stereocenters. The number of benzene rings is 3. The third kappa shape index (κ3) is 5.97. The predicted molar refractivity (Wildman–Crippen MR) is 112 cm³/mol. The Bertz CT molecular complexity index is 957. The first-order chi connectivity index (χ1) is 14.0. The van der Waals surface area contributed by atoms with Crippen molar-refractivity contribution < 1.29 is 18.7 Å². The highest BCUT2D eigenvalue weighted by molar-refractivity contribution is 5.91. The highest BCUT2D eigenvalue weighted by Crippen LogP contribution is 2.28. The number of nitrogens with one attached hydrogen (secondary N) is 2. The van der Waals surface area contributed by atoms with Gasteiger partial charge < -0.3 is 20.1 Å². The second-order valence-corrected chi connectivity index (χ2v) is 6.55.